The first-order valence-corrected chi connectivity index (χ1v) is 5.72. The Morgan fingerprint density at radius 3 is 2.47 bits per heavy atom. The lowest BCUT2D eigenvalue weighted by molar-refractivity contribution is -0.950. The van der Waals surface area contributed by atoms with Crippen LogP contribution in [0.2, 0.25) is 0 Å². The third-order valence-corrected chi connectivity index (χ3v) is 3.90. The summed E-state index contributed by atoms with van der Waals surface area (Å²) in [6.45, 7) is 2.52. The van der Waals surface area contributed by atoms with Crippen LogP contribution in [0.3, 0.4) is 0 Å². The van der Waals surface area contributed by atoms with E-state index < -0.39 is 12.0 Å². The average molecular weight is 211 g/mol. The van der Waals surface area contributed by atoms with Crippen LogP contribution < -0.4 is 5.11 Å². The highest BCUT2D eigenvalue weighted by molar-refractivity contribution is 5.85. The van der Waals surface area contributed by atoms with Crippen LogP contribution in [-0.2, 0) is 9.59 Å². The molecule has 0 aliphatic carbocycles. The smallest absolute Gasteiger partial charge is 0.144 e. The van der Waals surface area contributed by atoms with Gasteiger partial charge < -0.3 is 14.4 Å². The SMILES string of the molecule is O=C1CC[N+]2(CCCCC2)C(C(=O)[O-])C1. The second kappa shape index (κ2) is 3.93. The molecule has 2 aliphatic rings. The number of rotatable bonds is 1. The van der Waals surface area contributed by atoms with Crippen molar-refractivity contribution >= 4 is 11.8 Å². The monoisotopic (exact) mass is 211 g/mol. The lowest BCUT2D eigenvalue weighted by Gasteiger charge is -2.49. The Bertz CT molecular complexity index is 282. The number of aliphatic carboxylic acids is 1. The van der Waals surface area contributed by atoms with E-state index in [0.29, 0.717) is 17.4 Å². The van der Waals surface area contributed by atoms with E-state index in [0.717, 1.165) is 25.9 Å². The van der Waals surface area contributed by atoms with Crippen LogP contribution in [0.25, 0.3) is 0 Å². The molecule has 0 aromatic heterocycles. The molecule has 0 aromatic carbocycles. The highest BCUT2D eigenvalue weighted by atomic mass is 16.4. The van der Waals surface area contributed by atoms with Crippen molar-refractivity contribution in [2.45, 2.75) is 38.1 Å². The fraction of sp³-hybridized carbons (Fsp3) is 0.818. The maximum absolute atomic E-state index is 11.3. The second-order valence-electron chi connectivity index (χ2n) is 4.78. The van der Waals surface area contributed by atoms with Crippen LogP contribution in [0.4, 0.5) is 0 Å². The van der Waals surface area contributed by atoms with Crippen molar-refractivity contribution in [2.75, 3.05) is 19.6 Å². The quantitative estimate of drug-likeness (QED) is 0.548. The summed E-state index contributed by atoms with van der Waals surface area (Å²) in [7, 11) is 0. The van der Waals surface area contributed by atoms with Gasteiger partial charge in [-0.1, -0.05) is 0 Å². The number of carboxylic acids is 1. The topological polar surface area (TPSA) is 57.2 Å². The summed E-state index contributed by atoms with van der Waals surface area (Å²) in [6.07, 6.45) is 4.08. The molecule has 1 spiro atoms. The van der Waals surface area contributed by atoms with Crippen LogP contribution in [-0.4, -0.2) is 41.9 Å². The van der Waals surface area contributed by atoms with Crippen molar-refractivity contribution in [3.63, 3.8) is 0 Å². The van der Waals surface area contributed by atoms with E-state index in [-0.39, 0.29) is 12.2 Å². The molecule has 2 aliphatic heterocycles. The highest BCUT2D eigenvalue weighted by Crippen LogP contribution is 2.29. The Morgan fingerprint density at radius 2 is 1.87 bits per heavy atom. The third-order valence-electron chi connectivity index (χ3n) is 3.90. The van der Waals surface area contributed by atoms with Gasteiger partial charge in [-0.3, -0.25) is 4.79 Å². The molecule has 4 nitrogen and oxygen atoms in total. The van der Waals surface area contributed by atoms with Crippen molar-refractivity contribution in [3.8, 4) is 0 Å². The first-order valence-electron chi connectivity index (χ1n) is 5.72. The van der Waals surface area contributed by atoms with Crippen molar-refractivity contribution in [3.05, 3.63) is 0 Å². The van der Waals surface area contributed by atoms with Gasteiger partial charge in [0, 0.05) is 0 Å². The predicted octanol–water partition coefficient (Wildman–Crippen LogP) is -0.531. The molecule has 84 valence electrons. The Labute approximate surface area is 89.5 Å². The summed E-state index contributed by atoms with van der Waals surface area (Å²) in [5.41, 5.74) is 0. The summed E-state index contributed by atoms with van der Waals surface area (Å²) >= 11 is 0. The van der Waals surface area contributed by atoms with Gasteiger partial charge in [-0.15, -0.1) is 0 Å². The van der Waals surface area contributed by atoms with Crippen LogP contribution in [0.5, 0.6) is 0 Å². The van der Waals surface area contributed by atoms with Crippen LogP contribution in [0.1, 0.15) is 32.1 Å². The number of hydrogen-bond acceptors (Lipinski definition) is 3. The molecule has 0 bridgehead atoms. The molecule has 2 heterocycles. The van der Waals surface area contributed by atoms with Gasteiger partial charge in [0.2, 0.25) is 0 Å². The molecule has 0 aromatic rings. The Morgan fingerprint density at radius 1 is 1.20 bits per heavy atom. The van der Waals surface area contributed by atoms with E-state index in [1.54, 1.807) is 0 Å². The van der Waals surface area contributed by atoms with Crippen molar-refractivity contribution < 1.29 is 19.2 Å². The number of quaternary nitrogens is 1. The zero-order valence-corrected chi connectivity index (χ0v) is 8.91. The molecule has 0 amide bonds. The van der Waals surface area contributed by atoms with Gasteiger partial charge in [0.05, 0.1) is 38.4 Å². The van der Waals surface area contributed by atoms with Gasteiger partial charge in [0.25, 0.3) is 0 Å². The lowest BCUT2D eigenvalue weighted by atomic mass is 9.93. The van der Waals surface area contributed by atoms with E-state index in [1.165, 1.54) is 6.42 Å². The highest BCUT2D eigenvalue weighted by Gasteiger charge is 2.43. The summed E-state index contributed by atoms with van der Waals surface area (Å²) in [5.74, 6) is -0.955. The van der Waals surface area contributed by atoms with Gasteiger partial charge >= 0.3 is 0 Å². The maximum atomic E-state index is 11.3. The van der Waals surface area contributed by atoms with E-state index in [4.69, 9.17) is 0 Å². The molecule has 4 heteroatoms. The number of piperidine rings is 2. The van der Waals surface area contributed by atoms with Gasteiger partial charge in [0.15, 0.2) is 0 Å². The second-order valence-corrected chi connectivity index (χ2v) is 4.78. The Hall–Kier alpha value is -0.900. The molecule has 0 radical (unpaired) electrons. The number of nitrogens with zero attached hydrogens (tertiary/aromatic N) is 1. The Kier molecular flexibility index (Phi) is 2.78. The standard InChI is InChI=1S/C11H17NO3/c13-9-4-7-12(5-2-1-3-6-12)10(8-9)11(14)15/h10H,1-8H2. The molecule has 2 fully saturated rings. The fourth-order valence-corrected chi connectivity index (χ4v) is 3.00. The molecule has 1 unspecified atom stereocenters. The molecule has 0 N–H and O–H groups in total. The van der Waals surface area contributed by atoms with Gasteiger partial charge in [0.1, 0.15) is 11.8 Å². The number of carbonyl (C=O) groups is 2. The minimum atomic E-state index is -1.04. The summed E-state index contributed by atoms with van der Waals surface area (Å²) in [6, 6.07) is -0.577. The largest absolute Gasteiger partial charge is 0.544 e. The zero-order valence-electron chi connectivity index (χ0n) is 8.91. The average Bonchev–Trinajstić information content (AvgIpc) is 2.23. The minimum absolute atomic E-state index is 0.0820. The van der Waals surface area contributed by atoms with Crippen LogP contribution >= 0.6 is 0 Å². The van der Waals surface area contributed by atoms with Crippen molar-refractivity contribution in [1.82, 2.24) is 0 Å². The van der Waals surface area contributed by atoms with E-state index in [2.05, 4.69) is 0 Å². The number of hydrogen-bond donors (Lipinski definition) is 0. The molecule has 15 heavy (non-hydrogen) atoms. The molecule has 2 saturated heterocycles. The van der Waals surface area contributed by atoms with Crippen molar-refractivity contribution in [1.29, 1.82) is 0 Å². The number of carboxylic acid groups (broad SMARTS) is 1. The number of ketones is 1. The van der Waals surface area contributed by atoms with Gasteiger partial charge in [-0.25, -0.2) is 0 Å². The zero-order chi connectivity index (χ0) is 10.9. The summed E-state index contributed by atoms with van der Waals surface area (Å²) in [4.78, 5) is 22.4. The van der Waals surface area contributed by atoms with E-state index in [9.17, 15) is 14.7 Å². The molecular formula is C11H17NO3. The maximum Gasteiger partial charge on any atom is 0.144 e. The number of Topliss-reactive ketones (excluding diaryl/α,β-unsaturated/α-hetero) is 1. The van der Waals surface area contributed by atoms with E-state index in [1.807, 2.05) is 0 Å². The third kappa shape index (κ3) is 1.91. The van der Waals surface area contributed by atoms with Crippen LogP contribution in [0, 0.1) is 0 Å². The first kappa shape index (κ1) is 10.6. The predicted molar refractivity (Wildman–Crippen MR) is 51.7 cm³/mol. The van der Waals surface area contributed by atoms with Gasteiger partial charge in [-0.05, 0) is 19.3 Å². The molecule has 1 atom stereocenters. The molecule has 0 saturated carbocycles. The number of carbonyl (C=O) groups excluding carboxylic acids is 2. The van der Waals surface area contributed by atoms with E-state index >= 15 is 0 Å². The normalized spacial score (nSPS) is 30.4. The summed E-state index contributed by atoms with van der Waals surface area (Å²) < 4.78 is 0.605. The van der Waals surface area contributed by atoms with Crippen LogP contribution in [0.15, 0.2) is 0 Å². The summed E-state index contributed by atoms with van der Waals surface area (Å²) in [5, 5.41) is 11.1. The minimum Gasteiger partial charge on any atom is -0.544 e. The first-order chi connectivity index (χ1) is 7.14. The molecule has 2 rings (SSSR count). The van der Waals surface area contributed by atoms with Crippen molar-refractivity contribution in [2.24, 2.45) is 0 Å². The lowest BCUT2D eigenvalue weighted by Crippen LogP contribution is -2.66. The Balaban J connectivity index is 2.19. The fourth-order valence-electron chi connectivity index (χ4n) is 3.00. The van der Waals surface area contributed by atoms with Gasteiger partial charge in [-0.2, -0.15) is 0 Å². The molecular weight excluding hydrogens is 194 g/mol.